The molecule has 1 atom stereocenters. The predicted molar refractivity (Wildman–Crippen MR) is 257 cm³/mol. The van der Waals surface area contributed by atoms with Gasteiger partial charge in [-0.3, -0.25) is 0 Å². The molecule has 10 aromatic carbocycles. The summed E-state index contributed by atoms with van der Waals surface area (Å²) >= 11 is 0. The molecule has 290 valence electrons. The van der Waals surface area contributed by atoms with E-state index in [9.17, 15) is 0 Å². The van der Waals surface area contributed by atoms with Crippen molar-refractivity contribution in [1.82, 2.24) is 0 Å². The quantitative estimate of drug-likeness (QED) is 0.167. The van der Waals surface area contributed by atoms with Gasteiger partial charge in [0.05, 0.1) is 16.8 Å². The van der Waals surface area contributed by atoms with Gasteiger partial charge in [0.15, 0.2) is 0 Å². The smallest absolute Gasteiger partial charge is 0.140 e. The molecule has 1 unspecified atom stereocenters. The Morgan fingerprint density at radius 2 is 0.790 bits per heavy atom. The van der Waals surface area contributed by atoms with Gasteiger partial charge in [-0.05, 0) is 111 Å². The Hall–Kier alpha value is -8.14. The van der Waals surface area contributed by atoms with Gasteiger partial charge in [0, 0.05) is 50.0 Å². The summed E-state index contributed by atoms with van der Waals surface area (Å²) in [6.45, 7) is 0. The minimum absolute atomic E-state index is 0.683. The fourth-order valence-corrected chi connectivity index (χ4v) is 10.7. The first kappa shape index (κ1) is 34.7. The Bertz CT molecular complexity index is 3540. The van der Waals surface area contributed by atoms with Crippen LogP contribution in [0.3, 0.4) is 0 Å². The first-order valence-corrected chi connectivity index (χ1v) is 21.3. The number of fused-ring (bicyclic) bond motifs is 14. The highest BCUT2D eigenvalue weighted by atomic mass is 16.3. The standard InChI is InChI=1S/C59H38N2O/c1-3-21-41(22-4-1)60(54-30-15-19-39-17-7-9-25-45(39)54)43-33-35-48-47-27-11-13-29-51(47)59(52(48)37-43)53-38-44(34-36-49(53)58-57(59)50-28-12-14-32-56(50)62-58)61(42-23-5-2-6-24-42)55-31-16-20-40-18-8-10-26-46(40)55/h1-38H. The Morgan fingerprint density at radius 1 is 0.323 bits per heavy atom. The molecule has 0 N–H and O–H groups in total. The van der Waals surface area contributed by atoms with Crippen molar-refractivity contribution in [3.63, 3.8) is 0 Å². The largest absolute Gasteiger partial charge is 0.456 e. The van der Waals surface area contributed by atoms with Gasteiger partial charge in [-0.2, -0.15) is 0 Å². The van der Waals surface area contributed by atoms with Crippen molar-refractivity contribution in [2.75, 3.05) is 9.80 Å². The number of benzene rings is 10. The van der Waals surface area contributed by atoms with Gasteiger partial charge in [0.25, 0.3) is 0 Å². The zero-order valence-corrected chi connectivity index (χ0v) is 33.7. The van der Waals surface area contributed by atoms with Crippen molar-refractivity contribution >= 4 is 66.6 Å². The minimum atomic E-state index is -0.683. The van der Waals surface area contributed by atoms with Crippen molar-refractivity contribution in [2.45, 2.75) is 5.41 Å². The molecule has 0 saturated heterocycles. The van der Waals surface area contributed by atoms with Gasteiger partial charge in [0.1, 0.15) is 11.3 Å². The number of anilines is 6. The molecule has 0 aliphatic heterocycles. The lowest BCUT2D eigenvalue weighted by Crippen LogP contribution is -2.26. The fourth-order valence-electron chi connectivity index (χ4n) is 10.7. The lowest BCUT2D eigenvalue weighted by Gasteiger charge is -2.33. The first-order valence-electron chi connectivity index (χ1n) is 21.3. The molecule has 0 bridgehead atoms. The van der Waals surface area contributed by atoms with Crippen molar-refractivity contribution in [2.24, 2.45) is 0 Å². The summed E-state index contributed by atoms with van der Waals surface area (Å²) in [6, 6.07) is 83.9. The van der Waals surface area contributed by atoms with E-state index in [1.807, 2.05) is 0 Å². The Kier molecular flexibility index (Phi) is 7.52. The van der Waals surface area contributed by atoms with E-state index in [4.69, 9.17) is 4.42 Å². The molecular weight excluding hydrogens is 753 g/mol. The molecule has 13 rings (SSSR count). The van der Waals surface area contributed by atoms with Crippen LogP contribution in [0.2, 0.25) is 0 Å². The van der Waals surface area contributed by atoms with Crippen LogP contribution < -0.4 is 9.80 Å². The highest BCUT2D eigenvalue weighted by Gasteiger charge is 2.55. The van der Waals surface area contributed by atoms with E-state index in [0.29, 0.717) is 0 Å². The molecular formula is C59H38N2O. The van der Waals surface area contributed by atoms with E-state index < -0.39 is 5.41 Å². The van der Waals surface area contributed by atoms with Crippen molar-refractivity contribution < 1.29 is 4.42 Å². The average Bonchev–Trinajstić information content (AvgIpc) is 3.96. The van der Waals surface area contributed by atoms with E-state index in [1.165, 1.54) is 54.9 Å². The number of hydrogen-bond acceptors (Lipinski definition) is 3. The first-order chi connectivity index (χ1) is 30.8. The van der Waals surface area contributed by atoms with Crippen LogP contribution in [-0.4, -0.2) is 0 Å². The summed E-state index contributed by atoms with van der Waals surface area (Å²) in [5.74, 6) is 0.936. The molecule has 0 amide bonds. The SMILES string of the molecule is c1ccc(N(c2ccc3c(c2)C2(c4ccccc4-3)c3cc(N(c4ccccc4)c4cccc5ccccc45)ccc3-c3oc4ccccc4c32)c2cccc3ccccc23)cc1. The third kappa shape index (κ3) is 4.88. The topological polar surface area (TPSA) is 19.6 Å². The summed E-state index contributed by atoms with van der Waals surface area (Å²) in [7, 11) is 0. The molecule has 2 aliphatic carbocycles. The minimum Gasteiger partial charge on any atom is -0.456 e. The van der Waals surface area contributed by atoms with Crippen molar-refractivity contribution in [3.8, 4) is 22.5 Å². The van der Waals surface area contributed by atoms with Gasteiger partial charge in [0.2, 0.25) is 0 Å². The molecule has 1 spiro atoms. The predicted octanol–water partition coefficient (Wildman–Crippen LogP) is 16.0. The second-order valence-electron chi connectivity index (χ2n) is 16.4. The van der Waals surface area contributed by atoms with E-state index in [1.54, 1.807) is 0 Å². The maximum atomic E-state index is 7.02. The number of para-hydroxylation sites is 3. The number of nitrogens with zero attached hydrogens (tertiary/aromatic N) is 2. The van der Waals surface area contributed by atoms with E-state index in [0.717, 1.165) is 56.4 Å². The lowest BCUT2D eigenvalue weighted by atomic mass is 9.70. The molecule has 11 aromatic rings. The second-order valence-corrected chi connectivity index (χ2v) is 16.4. The Labute approximate surface area is 360 Å². The van der Waals surface area contributed by atoms with Gasteiger partial charge in [-0.25, -0.2) is 0 Å². The molecule has 3 nitrogen and oxygen atoms in total. The monoisotopic (exact) mass is 790 g/mol. The number of furan rings is 1. The number of rotatable bonds is 6. The zero-order chi connectivity index (χ0) is 40.8. The molecule has 2 aliphatic rings. The normalized spacial score (nSPS) is 14.5. The molecule has 1 aromatic heterocycles. The van der Waals surface area contributed by atoms with Crippen LogP contribution in [0, 0.1) is 0 Å². The molecule has 0 saturated carbocycles. The van der Waals surface area contributed by atoms with Crippen LogP contribution in [0.25, 0.3) is 55.0 Å². The third-order valence-electron chi connectivity index (χ3n) is 13.2. The molecule has 0 fully saturated rings. The molecule has 1 heterocycles. The van der Waals surface area contributed by atoms with Crippen LogP contribution >= 0.6 is 0 Å². The van der Waals surface area contributed by atoms with E-state index in [-0.39, 0.29) is 0 Å². The number of hydrogen-bond donors (Lipinski definition) is 0. The second kappa shape index (κ2) is 13.4. The van der Waals surface area contributed by atoms with Gasteiger partial charge >= 0.3 is 0 Å². The van der Waals surface area contributed by atoms with Gasteiger partial charge in [-0.1, -0.05) is 158 Å². The van der Waals surface area contributed by atoms with Crippen LogP contribution in [0.15, 0.2) is 235 Å². The van der Waals surface area contributed by atoms with E-state index in [2.05, 4.69) is 240 Å². The summed E-state index contributed by atoms with van der Waals surface area (Å²) in [4.78, 5) is 4.85. The third-order valence-corrected chi connectivity index (χ3v) is 13.2. The van der Waals surface area contributed by atoms with E-state index >= 15 is 0 Å². The van der Waals surface area contributed by atoms with Crippen molar-refractivity contribution in [3.05, 3.63) is 253 Å². The summed E-state index contributed by atoms with van der Waals surface area (Å²) in [5.41, 5.74) is 15.4. The molecule has 3 heteroatoms. The highest BCUT2D eigenvalue weighted by Crippen LogP contribution is 2.66. The van der Waals surface area contributed by atoms with Crippen molar-refractivity contribution in [1.29, 1.82) is 0 Å². The van der Waals surface area contributed by atoms with Crippen LogP contribution in [0.1, 0.15) is 22.3 Å². The molecule has 0 radical (unpaired) electrons. The average molecular weight is 791 g/mol. The van der Waals surface area contributed by atoms with Crippen LogP contribution in [0.4, 0.5) is 34.1 Å². The lowest BCUT2D eigenvalue weighted by molar-refractivity contribution is 0.628. The summed E-state index contributed by atoms with van der Waals surface area (Å²) in [5, 5.41) is 5.94. The highest BCUT2D eigenvalue weighted by molar-refractivity contribution is 6.05. The maximum Gasteiger partial charge on any atom is 0.140 e. The van der Waals surface area contributed by atoms with Gasteiger partial charge < -0.3 is 14.2 Å². The zero-order valence-electron chi connectivity index (χ0n) is 33.7. The fraction of sp³-hybridized carbons (Fsp3) is 0.0169. The Balaban J connectivity index is 1.12. The maximum absolute atomic E-state index is 7.02. The summed E-state index contributed by atoms with van der Waals surface area (Å²) < 4.78 is 7.02. The summed E-state index contributed by atoms with van der Waals surface area (Å²) in [6.07, 6.45) is 0. The van der Waals surface area contributed by atoms with Crippen LogP contribution in [0.5, 0.6) is 0 Å². The molecule has 62 heavy (non-hydrogen) atoms. The Morgan fingerprint density at radius 3 is 1.42 bits per heavy atom. The van der Waals surface area contributed by atoms with Crippen LogP contribution in [-0.2, 0) is 5.41 Å². The van der Waals surface area contributed by atoms with Gasteiger partial charge in [-0.15, -0.1) is 0 Å².